The molecule has 0 saturated carbocycles. The van der Waals surface area contributed by atoms with Gasteiger partial charge in [-0.2, -0.15) is 9.61 Å². The van der Waals surface area contributed by atoms with Crippen LogP contribution in [0.5, 0.6) is 5.75 Å². The molecule has 0 radical (unpaired) electrons. The van der Waals surface area contributed by atoms with Crippen molar-refractivity contribution in [3.63, 3.8) is 0 Å². The van der Waals surface area contributed by atoms with E-state index in [-0.39, 0.29) is 0 Å². The van der Waals surface area contributed by atoms with E-state index in [1.165, 1.54) is 59.7 Å². The summed E-state index contributed by atoms with van der Waals surface area (Å²) in [5, 5.41) is 16.0. The van der Waals surface area contributed by atoms with Gasteiger partial charge in [-0.3, -0.25) is 0 Å². The first-order valence-corrected chi connectivity index (χ1v) is 15.8. The second kappa shape index (κ2) is 16.4. The zero-order valence-corrected chi connectivity index (χ0v) is 26.9. The number of benzene rings is 1. The van der Waals surface area contributed by atoms with Crippen LogP contribution < -0.4 is 15.7 Å². The number of fused-ring (bicyclic) bond motifs is 1. The molecule has 41 heavy (non-hydrogen) atoms. The number of nitrogens with two attached hydrogens (primary N) is 1. The Morgan fingerprint density at radius 2 is 1.66 bits per heavy atom. The van der Waals surface area contributed by atoms with Crippen LogP contribution in [0.4, 0.5) is 0 Å². The van der Waals surface area contributed by atoms with Gasteiger partial charge in [-0.05, 0) is 70.0 Å². The summed E-state index contributed by atoms with van der Waals surface area (Å²) in [6.45, 7) is 14.6. The fourth-order valence-corrected chi connectivity index (χ4v) is 5.86. The average Bonchev–Trinajstić information content (AvgIpc) is 3.60. The summed E-state index contributed by atoms with van der Waals surface area (Å²) in [6, 6.07) is 6.19. The van der Waals surface area contributed by atoms with Crippen molar-refractivity contribution >= 4 is 23.5 Å². The van der Waals surface area contributed by atoms with Gasteiger partial charge in [0.15, 0.2) is 11.5 Å². The van der Waals surface area contributed by atoms with Crippen molar-refractivity contribution in [2.45, 2.75) is 86.5 Å². The fraction of sp³-hybridized carbons (Fsp3) is 0.485. The highest BCUT2D eigenvalue weighted by molar-refractivity contribution is 8.06. The highest BCUT2D eigenvalue weighted by Gasteiger charge is 2.21. The Morgan fingerprint density at radius 1 is 0.951 bits per heavy atom. The number of unbranched alkanes of at least 4 members (excludes halogenated alkanes) is 5. The number of hydrogen-bond donors (Lipinski definition) is 1. The maximum atomic E-state index is 5.61. The second-order valence-corrected chi connectivity index (χ2v) is 11.5. The van der Waals surface area contributed by atoms with Crippen LogP contribution in [-0.4, -0.2) is 44.9 Å². The van der Waals surface area contributed by atoms with E-state index >= 15 is 0 Å². The Kier molecular flexibility index (Phi) is 12.9. The van der Waals surface area contributed by atoms with Gasteiger partial charge in [-0.25, -0.2) is 0 Å². The number of ether oxygens (including phenoxy) is 1. The third-order valence-corrected chi connectivity index (χ3v) is 8.39. The molecule has 0 fully saturated rings. The minimum absolute atomic E-state index is 0.700. The molecule has 8 heteroatoms. The van der Waals surface area contributed by atoms with E-state index < -0.39 is 0 Å². The number of rotatable bonds is 12. The molecule has 2 N–H and O–H groups in total. The Bertz CT molecular complexity index is 1420. The normalized spacial score (nSPS) is 15.1. The first-order chi connectivity index (χ1) is 19.9. The summed E-state index contributed by atoms with van der Waals surface area (Å²) in [4.78, 5) is 3.86. The Hall–Kier alpha value is -3.10. The van der Waals surface area contributed by atoms with Crippen LogP contribution in [0.2, 0.25) is 0 Å². The van der Waals surface area contributed by atoms with E-state index in [9.17, 15) is 0 Å². The van der Waals surface area contributed by atoms with Gasteiger partial charge >= 0.3 is 0 Å². The van der Waals surface area contributed by atoms with Crippen molar-refractivity contribution in [2.24, 2.45) is 5.73 Å². The van der Waals surface area contributed by atoms with Crippen molar-refractivity contribution in [3.8, 4) is 17.1 Å². The van der Waals surface area contributed by atoms with Gasteiger partial charge in [0, 0.05) is 22.4 Å². The minimum Gasteiger partial charge on any atom is -0.496 e. The summed E-state index contributed by atoms with van der Waals surface area (Å²) in [5.41, 5.74) is 10.0. The molecule has 0 bridgehead atoms. The van der Waals surface area contributed by atoms with Crippen molar-refractivity contribution < 1.29 is 4.74 Å². The van der Waals surface area contributed by atoms with E-state index in [1.807, 2.05) is 36.2 Å². The first-order valence-electron chi connectivity index (χ1n) is 15.0. The predicted molar refractivity (Wildman–Crippen MR) is 175 cm³/mol. The Balaban J connectivity index is 0.00000147. The van der Waals surface area contributed by atoms with Crippen LogP contribution in [0.1, 0.15) is 84.4 Å². The Labute approximate surface area is 250 Å². The smallest absolute Gasteiger partial charge is 0.189 e. The van der Waals surface area contributed by atoms with Crippen LogP contribution in [0.3, 0.4) is 0 Å². The molecule has 1 aromatic carbocycles. The van der Waals surface area contributed by atoms with Crippen LogP contribution in [0, 0.1) is 6.92 Å². The van der Waals surface area contributed by atoms with E-state index in [1.54, 1.807) is 7.11 Å². The number of hydrogen-bond acceptors (Lipinski definition) is 7. The number of methoxy groups -OCH3 is 1. The monoisotopic (exact) mass is 576 g/mol. The van der Waals surface area contributed by atoms with E-state index in [2.05, 4.69) is 79.2 Å². The van der Waals surface area contributed by atoms with Crippen molar-refractivity contribution in [1.29, 1.82) is 0 Å². The maximum Gasteiger partial charge on any atom is 0.189 e. The van der Waals surface area contributed by atoms with E-state index in [4.69, 9.17) is 15.6 Å². The molecule has 0 amide bonds. The molecule has 7 nitrogen and oxygen atoms in total. The van der Waals surface area contributed by atoms with Gasteiger partial charge < -0.3 is 15.4 Å². The standard InChI is InChI=1S/C31H41N5OS.C2H7N/c1-7-9-10-11-12-15-20-35-23(4)24(5)38-29(35)17-14-13-16-26-22(3)34-36-30(26)32-33-31(36)27-21-25(8-2)18-19-28(27)37-6;1-2-3/h13-14,16-19,21H,7-12,15,20H2,1-6H3;2-3H2,1H3/b14-13+,26-16-,29-17-;. The molecule has 0 atom stereocenters. The molecule has 1 aliphatic heterocycles. The molecular formula is C33H48N6OS. The number of nitrogens with zero attached hydrogens (tertiary/aromatic N) is 5. The summed E-state index contributed by atoms with van der Waals surface area (Å²) >= 11 is 1.87. The fourth-order valence-electron chi connectivity index (χ4n) is 4.80. The molecule has 0 aliphatic carbocycles. The van der Waals surface area contributed by atoms with Gasteiger partial charge in [0.25, 0.3) is 0 Å². The molecule has 0 unspecified atom stereocenters. The number of aromatic nitrogens is 4. The topological polar surface area (TPSA) is 81.6 Å². The summed E-state index contributed by atoms with van der Waals surface area (Å²) in [7, 11) is 1.68. The van der Waals surface area contributed by atoms with Crippen LogP contribution in [0.15, 0.2) is 52.1 Å². The number of allylic oxidation sites excluding steroid dienone is 5. The zero-order chi connectivity index (χ0) is 29.8. The molecule has 2 aromatic heterocycles. The lowest BCUT2D eigenvalue weighted by Gasteiger charge is -2.21. The minimum atomic E-state index is 0.700. The molecular weight excluding hydrogens is 528 g/mol. The average molecular weight is 577 g/mol. The van der Waals surface area contributed by atoms with Gasteiger partial charge in [0.2, 0.25) is 0 Å². The van der Waals surface area contributed by atoms with E-state index in [0.717, 1.165) is 47.4 Å². The molecule has 1 aliphatic rings. The predicted octanol–water partition coefficient (Wildman–Crippen LogP) is 7.19. The van der Waals surface area contributed by atoms with E-state index in [0.29, 0.717) is 5.82 Å². The van der Waals surface area contributed by atoms with Crippen molar-refractivity contribution in [3.05, 3.63) is 68.5 Å². The molecule has 0 saturated heterocycles. The lowest BCUT2D eigenvalue weighted by atomic mass is 10.1. The third-order valence-electron chi connectivity index (χ3n) is 7.22. The van der Waals surface area contributed by atoms with Crippen molar-refractivity contribution in [1.82, 2.24) is 24.7 Å². The quantitative estimate of drug-likeness (QED) is 0.228. The summed E-state index contributed by atoms with van der Waals surface area (Å²) in [5.74, 6) is 1.47. The first kappa shape index (κ1) is 32.4. The zero-order valence-electron chi connectivity index (χ0n) is 26.0. The molecule has 3 heterocycles. The Morgan fingerprint density at radius 3 is 2.37 bits per heavy atom. The van der Waals surface area contributed by atoms with Crippen LogP contribution in [-0.2, 0) is 6.42 Å². The van der Waals surface area contributed by atoms with Gasteiger partial charge in [-0.15, -0.1) is 10.2 Å². The third kappa shape index (κ3) is 8.23. The largest absolute Gasteiger partial charge is 0.496 e. The summed E-state index contributed by atoms with van der Waals surface area (Å²) < 4.78 is 7.44. The SMILES string of the molecule is CCCCCCCCN1C(C)=C(C)S\C1=C/C=C/C=c1/c(C)nn2c(-c3cc(CC)ccc3OC)nnc12.CCN. The second-order valence-electron chi connectivity index (χ2n) is 10.3. The van der Waals surface area contributed by atoms with Gasteiger partial charge in [0.1, 0.15) is 5.75 Å². The van der Waals surface area contributed by atoms with Gasteiger partial charge in [-0.1, -0.05) is 82.9 Å². The molecule has 3 aromatic rings. The lowest BCUT2D eigenvalue weighted by molar-refractivity contribution is 0.416. The highest BCUT2D eigenvalue weighted by atomic mass is 32.2. The highest BCUT2D eigenvalue weighted by Crippen LogP contribution is 2.40. The number of aryl methyl sites for hydroxylation is 2. The molecule has 4 rings (SSSR count). The molecule has 222 valence electrons. The lowest BCUT2D eigenvalue weighted by Crippen LogP contribution is -2.17. The van der Waals surface area contributed by atoms with Crippen LogP contribution in [0.25, 0.3) is 23.1 Å². The van der Waals surface area contributed by atoms with Crippen molar-refractivity contribution in [2.75, 3.05) is 20.2 Å². The molecule has 0 spiro atoms. The number of thioether (sulfide) groups is 1. The van der Waals surface area contributed by atoms with Gasteiger partial charge in [0.05, 0.1) is 23.4 Å². The van der Waals surface area contributed by atoms with Crippen LogP contribution >= 0.6 is 11.8 Å². The summed E-state index contributed by atoms with van der Waals surface area (Å²) in [6.07, 6.45) is 17.3. The maximum absolute atomic E-state index is 5.61.